The topological polar surface area (TPSA) is 56.8 Å². The molecular formula is C15H20ClNO4. The minimum atomic E-state index is -0.208. The summed E-state index contributed by atoms with van der Waals surface area (Å²) in [6.07, 6.45) is 2.29. The van der Waals surface area contributed by atoms with Crippen molar-refractivity contribution in [3.8, 4) is 17.2 Å². The summed E-state index contributed by atoms with van der Waals surface area (Å²) in [5.74, 6) is 1.69. The molecule has 0 aromatic heterocycles. The highest BCUT2D eigenvalue weighted by Gasteiger charge is 2.30. The summed E-state index contributed by atoms with van der Waals surface area (Å²) < 4.78 is 15.7. The Bertz CT molecular complexity index is 491. The third-order valence-electron chi connectivity index (χ3n) is 3.52. The number of nitrogens with one attached hydrogen (secondary N) is 1. The van der Waals surface area contributed by atoms with E-state index in [0.29, 0.717) is 35.3 Å². The molecule has 1 aromatic carbocycles. The van der Waals surface area contributed by atoms with Crippen molar-refractivity contribution in [3.63, 3.8) is 0 Å². The van der Waals surface area contributed by atoms with Gasteiger partial charge in [0.2, 0.25) is 5.75 Å². The molecule has 1 unspecified atom stereocenters. The van der Waals surface area contributed by atoms with Gasteiger partial charge in [0.25, 0.3) is 5.91 Å². The van der Waals surface area contributed by atoms with Crippen LogP contribution < -0.4 is 19.5 Å². The van der Waals surface area contributed by atoms with E-state index < -0.39 is 0 Å². The number of hydrogen-bond acceptors (Lipinski definition) is 4. The molecule has 0 spiro atoms. The standard InChI is InChI=1S/C15H20ClNO4/c1-19-12-6-10(7-13(20-2)14(12)21-3)15(18)17-8-11(16)9-4-5-9/h6-7,9,11H,4-5,8H2,1-3H3,(H,17,18). The van der Waals surface area contributed by atoms with E-state index in [-0.39, 0.29) is 11.3 Å². The van der Waals surface area contributed by atoms with Crippen LogP contribution in [-0.2, 0) is 0 Å². The number of amides is 1. The second kappa shape index (κ2) is 6.89. The van der Waals surface area contributed by atoms with Crippen LogP contribution in [0.5, 0.6) is 17.2 Å². The maximum atomic E-state index is 12.2. The number of halogens is 1. The van der Waals surface area contributed by atoms with Gasteiger partial charge >= 0.3 is 0 Å². The minimum Gasteiger partial charge on any atom is -0.493 e. The molecule has 1 aliphatic rings. The van der Waals surface area contributed by atoms with Gasteiger partial charge in [0.15, 0.2) is 11.5 Å². The largest absolute Gasteiger partial charge is 0.493 e. The van der Waals surface area contributed by atoms with Crippen LogP contribution in [0.1, 0.15) is 23.2 Å². The van der Waals surface area contributed by atoms with E-state index in [0.717, 1.165) is 12.8 Å². The predicted octanol–water partition coefficient (Wildman–Crippen LogP) is 2.46. The van der Waals surface area contributed by atoms with Gasteiger partial charge in [0.05, 0.1) is 26.7 Å². The number of alkyl halides is 1. The lowest BCUT2D eigenvalue weighted by molar-refractivity contribution is 0.0952. The molecule has 1 amide bonds. The Kier molecular flexibility index (Phi) is 5.17. The van der Waals surface area contributed by atoms with Gasteiger partial charge in [-0.1, -0.05) is 0 Å². The number of rotatable bonds is 7. The van der Waals surface area contributed by atoms with Crippen LogP contribution in [0.25, 0.3) is 0 Å². The van der Waals surface area contributed by atoms with Crippen molar-refractivity contribution in [2.75, 3.05) is 27.9 Å². The molecule has 1 fully saturated rings. The van der Waals surface area contributed by atoms with Crippen LogP contribution in [0, 0.1) is 5.92 Å². The van der Waals surface area contributed by atoms with E-state index in [9.17, 15) is 4.79 Å². The molecule has 6 heteroatoms. The van der Waals surface area contributed by atoms with Gasteiger partial charge in [-0.3, -0.25) is 4.79 Å². The molecule has 0 saturated heterocycles. The average Bonchev–Trinajstić information content (AvgIpc) is 3.35. The first kappa shape index (κ1) is 15.8. The van der Waals surface area contributed by atoms with Crippen LogP contribution in [0.15, 0.2) is 12.1 Å². The van der Waals surface area contributed by atoms with Crippen LogP contribution in [0.4, 0.5) is 0 Å². The second-order valence-electron chi connectivity index (χ2n) is 4.98. The van der Waals surface area contributed by atoms with Crippen LogP contribution in [0.3, 0.4) is 0 Å². The highest BCUT2D eigenvalue weighted by atomic mass is 35.5. The maximum absolute atomic E-state index is 12.2. The Labute approximate surface area is 129 Å². The molecule has 21 heavy (non-hydrogen) atoms. The zero-order chi connectivity index (χ0) is 15.4. The smallest absolute Gasteiger partial charge is 0.251 e. The molecule has 1 N–H and O–H groups in total. The molecule has 116 valence electrons. The number of carbonyl (C=O) groups excluding carboxylic acids is 1. The van der Waals surface area contributed by atoms with Crippen LogP contribution in [-0.4, -0.2) is 39.2 Å². The number of carbonyl (C=O) groups is 1. The summed E-state index contributed by atoms with van der Waals surface area (Å²) in [6.45, 7) is 0.460. The second-order valence-corrected chi connectivity index (χ2v) is 5.54. The van der Waals surface area contributed by atoms with E-state index in [4.69, 9.17) is 25.8 Å². The van der Waals surface area contributed by atoms with Crippen molar-refractivity contribution in [2.24, 2.45) is 5.92 Å². The van der Waals surface area contributed by atoms with Crippen molar-refractivity contribution in [3.05, 3.63) is 17.7 Å². The number of benzene rings is 1. The van der Waals surface area contributed by atoms with Crippen LogP contribution in [0.2, 0.25) is 0 Å². The number of methoxy groups -OCH3 is 3. The predicted molar refractivity (Wildman–Crippen MR) is 80.8 cm³/mol. The third-order valence-corrected chi connectivity index (χ3v) is 4.03. The van der Waals surface area contributed by atoms with Crippen molar-refractivity contribution in [1.29, 1.82) is 0 Å². The lowest BCUT2D eigenvalue weighted by Crippen LogP contribution is -2.30. The molecule has 0 bridgehead atoms. The van der Waals surface area contributed by atoms with Gasteiger partial charge in [0, 0.05) is 12.1 Å². The van der Waals surface area contributed by atoms with E-state index in [1.165, 1.54) is 21.3 Å². The van der Waals surface area contributed by atoms with Gasteiger partial charge in [-0.15, -0.1) is 11.6 Å². The maximum Gasteiger partial charge on any atom is 0.251 e. The summed E-state index contributed by atoms with van der Waals surface area (Å²) in [4.78, 5) is 12.2. The molecular weight excluding hydrogens is 294 g/mol. The molecule has 5 nitrogen and oxygen atoms in total. The fourth-order valence-corrected chi connectivity index (χ4v) is 2.46. The SMILES string of the molecule is COc1cc(C(=O)NCC(Cl)C2CC2)cc(OC)c1OC. The zero-order valence-electron chi connectivity index (χ0n) is 12.4. The van der Waals surface area contributed by atoms with Gasteiger partial charge < -0.3 is 19.5 Å². The number of hydrogen-bond donors (Lipinski definition) is 1. The molecule has 2 rings (SSSR count). The van der Waals surface area contributed by atoms with E-state index in [1.807, 2.05) is 0 Å². The summed E-state index contributed by atoms with van der Waals surface area (Å²) in [7, 11) is 4.55. The molecule has 0 aliphatic heterocycles. The van der Waals surface area contributed by atoms with Crippen molar-refractivity contribution >= 4 is 17.5 Å². The van der Waals surface area contributed by atoms with Crippen molar-refractivity contribution in [1.82, 2.24) is 5.32 Å². The van der Waals surface area contributed by atoms with E-state index in [1.54, 1.807) is 12.1 Å². The van der Waals surface area contributed by atoms with E-state index >= 15 is 0 Å². The minimum absolute atomic E-state index is 0.00371. The number of ether oxygens (including phenoxy) is 3. The first-order valence-electron chi connectivity index (χ1n) is 6.83. The zero-order valence-corrected chi connectivity index (χ0v) is 13.2. The normalized spacial score (nSPS) is 15.2. The fourth-order valence-electron chi connectivity index (χ4n) is 2.13. The Balaban J connectivity index is 2.12. The summed E-state index contributed by atoms with van der Waals surface area (Å²) in [6, 6.07) is 3.24. The summed E-state index contributed by atoms with van der Waals surface area (Å²) in [5, 5.41) is 2.83. The van der Waals surface area contributed by atoms with Crippen LogP contribution >= 0.6 is 11.6 Å². The molecule has 1 atom stereocenters. The highest BCUT2D eigenvalue weighted by molar-refractivity contribution is 6.21. The molecule has 1 aliphatic carbocycles. The monoisotopic (exact) mass is 313 g/mol. The quantitative estimate of drug-likeness (QED) is 0.786. The lowest BCUT2D eigenvalue weighted by Gasteiger charge is -2.14. The summed E-state index contributed by atoms with van der Waals surface area (Å²) in [5.41, 5.74) is 0.448. The highest BCUT2D eigenvalue weighted by Crippen LogP contribution is 2.38. The van der Waals surface area contributed by atoms with Crippen molar-refractivity contribution < 1.29 is 19.0 Å². The average molecular weight is 314 g/mol. The molecule has 0 radical (unpaired) electrons. The van der Waals surface area contributed by atoms with Gasteiger partial charge in [-0.05, 0) is 30.9 Å². The van der Waals surface area contributed by atoms with Gasteiger partial charge in [0.1, 0.15) is 0 Å². The Morgan fingerprint density at radius 3 is 2.24 bits per heavy atom. The van der Waals surface area contributed by atoms with E-state index in [2.05, 4.69) is 5.32 Å². The summed E-state index contributed by atoms with van der Waals surface area (Å²) >= 11 is 6.19. The molecule has 1 aromatic rings. The van der Waals surface area contributed by atoms with Gasteiger partial charge in [-0.25, -0.2) is 0 Å². The third kappa shape index (κ3) is 3.73. The molecule has 0 heterocycles. The fraction of sp³-hybridized carbons (Fsp3) is 0.533. The lowest BCUT2D eigenvalue weighted by atomic mass is 10.1. The van der Waals surface area contributed by atoms with Crippen molar-refractivity contribution in [2.45, 2.75) is 18.2 Å². The first-order chi connectivity index (χ1) is 10.1. The molecule has 1 saturated carbocycles. The Morgan fingerprint density at radius 2 is 1.81 bits per heavy atom. The Hall–Kier alpha value is -1.62. The van der Waals surface area contributed by atoms with Gasteiger partial charge in [-0.2, -0.15) is 0 Å². The Morgan fingerprint density at radius 1 is 1.24 bits per heavy atom. The first-order valence-corrected chi connectivity index (χ1v) is 7.26.